The molecule has 0 radical (unpaired) electrons. The summed E-state index contributed by atoms with van der Waals surface area (Å²) in [7, 11) is 2.18. The number of fused-ring (bicyclic) bond motifs is 1. The van der Waals surface area contributed by atoms with E-state index >= 15 is 0 Å². The summed E-state index contributed by atoms with van der Waals surface area (Å²) in [6.07, 6.45) is 6.40. The smallest absolute Gasteiger partial charge is 0.336 e. The molecule has 2 N–H and O–H groups in total. The number of carbonyl (C=O) groups is 1. The minimum absolute atomic E-state index is 0.0156. The number of piperidine rings is 1. The van der Waals surface area contributed by atoms with E-state index in [1.807, 2.05) is 6.07 Å². The number of anilines is 1. The van der Waals surface area contributed by atoms with Gasteiger partial charge in [0.2, 0.25) is 0 Å². The van der Waals surface area contributed by atoms with Crippen molar-refractivity contribution in [3.05, 3.63) is 30.0 Å². The molecule has 7 nitrogen and oxygen atoms in total. The number of aromatic hydroxyl groups is 1. The summed E-state index contributed by atoms with van der Waals surface area (Å²) in [5.74, 6) is -0.985. The van der Waals surface area contributed by atoms with Crippen molar-refractivity contribution in [2.75, 3.05) is 51.2 Å². The summed E-state index contributed by atoms with van der Waals surface area (Å²) in [6, 6.07) is 5.18. The van der Waals surface area contributed by atoms with E-state index in [4.69, 9.17) is 0 Å². The molecule has 1 unspecified atom stereocenters. The Morgan fingerprint density at radius 2 is 1.97 bits per heavy atom. The molecule has 2 fully saturated rings. The monoisotopic (exact) mass is 398 g/mol. The van der Waals surface area contributed by atoms with Gasteiger partial charge >= 0.3 is 5.97 Å². The maximum atomic E-state index is 11.6. The first-order chi connectivity index (χ1) is 14.0. The molecule has 2 saturated heterocycles. The van der Waals surface area contributed by atoms with Gasteiger partial charge in [-0.2, -0.15) is 0 Å². The minimum atomic E-state index is -1.00. The fourth-order valence-electron chi connectivity index (χ4n) is 4.58. The summed E-state index contributed by atoms with van der Waals surface area (Å²) in [5, 5.41) is 20.1. The minimum Gasteiger partial charge on any atom is -0.506 e. The molecule has 0 aliphatic carbocycles. The number of nitrogens with zero attached hydrogens (tertiary/aromatic N) is 4. The number of hydrogen-bond donors (Lipinski definition) is 2. The lowest BCUT2D eigenvalue weighted by atomic mass is 9.97. The first-order valence-corrected chi connectivity index (χ1v) is 10.6. The number of likely N-dealkylation sites (N-methyl/N-ethyl adjacent to an activating group) is 1. The van der Waals surface area contributed by atoms with Gasteiger partial charge in [0.25, 0.3) is 0 Å². The molecule has 1 atom stereocenters. The van der Waals surface area contributed by atoms with Crippen molar-refractivity contribution < 1.29 is 15.0 Å². The maximum absolute atomic E-state index is 11.6. The Morgan fingerprint density at radius 1 is 1.17 bits per heavy atom. The first kappa shape index (κ1) is 19.9. The van der Waals surface area contributed by atoms with Crippen molar-refractivity contribution in [1.29, 1.82) is 0 Å². The van der Waals surface area contributed by atoms with Crippen molar-refractivity contribution in [3.8, 4) is 5.75 Å². The summed E-state index contributed by atoms with van der Waals surface area (Å²) >= 11 is 0. The van der Waals surface area contributed by atoms with Gasteiger partial charge in [-0.1, -0.05) is 0 Å². The SMILES string of the molecule is CN1CCN(CCC2CCCCN2c2cnc3c(O)ccc(C(=O)O)c3c2)CC1. The number of phenolic OH excluding ortho intramolecular Hbond substituents is 1. The quantitative estimate of drug-likeness (QED) is 0.801. The molecule has 2 aliphatic rings. The Bertz CT molecular complexity index is 880. The van der Waals surface area contributed by atoms with Crippen LogP contribution in [-0.2, 0) is 0 Å². The zero-order valence-corrected chi connectivity index (χ0v) is 17.0. The highest BCUT2D eigenvalue weighted by Crippen LogP contribution is 2.32. The lowest BCUT2D eigenvalue weighted by Crippen LogP contribution is -2.47. The molecule has 0 spiro atoms. The van der Waals surface area contributed by atoms with Crippen LogP contribution in [0.25, 0.3) is 10.9 Å². The average molecular weight is 399 g/mol. The molecular formula is C22H30N4O3. The van der Waals surface area contributed by atoms with Gasteiger partial charge in [-0.25, -0.2) is 4.79 Å². The maximum Gasteiger partial charge on any atom is 0.336 e. The summed E-state index contributed by atoms with van der Waals surface area (Å²) in [4.78, 5) is 23.4. The van der Waals surface area contributed by atoms with E-state index in [0.29, 0.717) is 16.9 Å². The van der Waals surface area contributed by atoms with Gasteiger partial charge in [-0.05, 0) is 50.9 Å². The predicted octanol–water partition coefficient (Wildman–Crippen LogP) is 2.64. The van der Waals surface area contributed by atoms with E-state index in [1.165, 1.54) is 18.6 Å². The molecule has 1 aromatic carbocycles. The van der Waals surface area contributed by atoms with E-state index in [2.05, 4.69) is 26.7 Å². The van der Waals surface area contributed by atoms with Gasteiger partial charge in [-0.3, -0.25) is 4.98 Å². The number of rotatable bonds is 5. The molecule has 156 valence electrons. The van der Waals surface area contributed by atoms with Crippen LogP contribution in [-0.4, -0.2) is 83.3 Å². The lowest BCUT2D eigenvalue weighted by molar-refractivity contribution is 0.0699. The van der Waals surface area contributed by atoms with E-state index in [1.54, 1.807) is 6.20 Å². The number of aromatic carboxylic acids is 1. The standard InChI is InChI=1S/C22H30N4O3/c1-24-10-12-25(13-11-24)9-7-16-4-2-3-8-26(16)17-14-19-18(22(28)29)5-6-20(27)21(19)23-15-17/h5-6,14-16,27H,2-4,7-13H2,1H3,(H,28,29). The van der Waals surface area contributed by atoms with Gasteiger partial charge < -0.3 is 24.9 Å². The normalized spacial score (nSPS) is 21.6. The van der Waals surface area contributed by atoms with Crippen LogP contribution in [0.1, 0.15) is 36.0 Å². The third-order valence-corrected chi connectivity index (χ3v) is 6.38. The Hall–Kier alpha value is -2.38. The van der Waals surface area contributed by atoms with Crippen LogP contribution in [0.3, 0.4) is 0 Å². The second-order valence-corrected chi connectivity index (χ2v) is 8.30. The second-order valence-electron chi connectivity index (χ2n) is 8.30. The molecule has 0 bridgehead atoms. The zero-order valence-electron chi connectivity index (χ0n) is 17.0. The molecular weight excluding hydrogens is 368 g/mol. The second kappa shape index (κ2) is 8.55. The van der Waals surface area contributed by atoms with Crippen LogP contribution >= 0.6 is 0 Å². The molecule has 29 heavy (non-hydrogen) atoms. The van der Waals surface area contributed by atoms with Crippen LogP contribution in [0.2, 0.25) is 0 Å². The number of piperazine rings is 1. The van der Waals surface area contributed by atoms with Crippen LogP contribution in [0.5, 0.6) is 5.75 Å². The van der Waals surface area contributed by atoms with Crippen LogP contribution in [0.15, 0.2) is 24.4 Å². The van der Waals surface area contributed by atoms with Crippen LogP contribution in [0, 0.1) is 0 Å². The predicted molar refractivity (Wildman–Crippen MR) is 114 cm³/mol. The molecule has 0 amide bonds. The Morgan fingerprint density at radius 3 is 2.72 bits per heavy atom. The molecule has 2 aliphatic heterocycles. The van der Waals surface area contributed by atoms with Gasteiger partial charge in [0, 0.05) is 50.7 Å². The summed E-state index contributed by atoms with van der Waals surface area (Å²) in [5.41, 5.74) is 1.48. The van der Waals surface area contributed by atoms with E-state index < -0.39 is 5.97 Å². The largest absolute Gasteiger partial charge is 0.506 e. The Balaban J connectivity index is 1.55. The molecule has 7 heteroatoms. The van der Waals surface area contributed by atoms with Crippen molar-refractivity contribution >= 4 is 22.6 Å². The third-order valence-electron chi connectivity index (χ3n) is 6.38. The van der Waals surface area contributed by atoms with Gasteiger partial charge in [-0.15, -0.1) is 0 Å². The Labute approximate surface area is 171 Å². The Kier molecular flexibility index (Phi) is 5.87. The van der Waals surface area contributed by atoms with Gasteiger partial charge in [0.15, 0.2) is 0 Å². The van der Waals surface area contributed by atoms with Gasteiger partial charge in [0.1, 0.15) is 11.3 Å². The molecule has 3 heterocycles. The van der Waals surface area contributed by atoms with Crippen molar-refractivity contribution in [1.82, 2.24) is 14.8 Å². The number of hydrogen-bond acceptors (Lipinski definition) is 6. The molecule has 2 aromatic rings. The fraction of sp³-hybridized carbons (Fsp3) is 0.545. The summed E-state index contributed by atoms with van der Waals surface area (Å²) < 4.78 is 0. The highest BCUT2D eigenvalue weighted by atomic mass is 16.4. The van der Waals surface area contributed by atoms with Crippen LogP contribution in [0.4, 0.5) is 5.69 Å². The number of pyridine rings is 1. The highest BCUT2D eigenvalue weighted by molar-refractivity contribution is 6.05. The first-order valence-electron chi connectivity index (χ1n) is 10.6. The number of benzene rings is 1. The van der Waals surface area contributed by atoms with E-state index in [9.17, 15) is 15.0 Å². The third kappa shape index (κ3) is 4.31. The molecule has 0 saturated carbocycles. The van der Waals surface area contributed by atoms with Crippen molar-refractivity contribution in [3.63, 3.8) is 0 Å². The number of carboxylic acid groups (broad SMARTS) is 1. The number of carboxylic acids is 1. The number of phenols is 1. The topological polar surface area (TPSA) is 80.1 Å². The molecule has 1 aromatic heterocycles. The number of aromatic nitrogens is 1. The summed E-state index contributed by atoms with van der Waals surface area (Å²) in [6.45, 7) is 6.57. The molecule has 4 rings (SSSR count). The van der Waals surface area contributed by atoms with Gasteiger partial charge in [0.05, 0.1) is 17.4 Å². The lowest BCUT2D eigenvalue weighted by Gasteiger charge is -2.39. The van der Waals surface area contributed by atoms with E-state index in [0.717, 1.165) is 64.2 Å². The van der Waals surface area contributed by atoms with Crippen LogP contribution < -0.4 is 4.90 Å². The highest BCUT2D eigenvalue weighted by Gasteiger charge is 2.25. The van der Waals surface area contributed by atoms with E-state index in [-0.39, 0.29) is 11.3 Å². The fourth-order valence-corrected chi connectivity index (χ4v) is 4.58. The van der Waals surface area contributed by atoms with Crippen molar-refractivity contribution in [2.24, 2.45) is 0 Å². The van der Waals surface area contributed by atoms with Crippen molar-refractivity contribution in [2.45, 2.75) is 31.7 Å². The average Bonchev–Trinajstić information content (AvgIpc) is 2.73. The zero-order chi connectivity index (χ0) is 20.4.